The molecule has 6 heteroatoms. The molecule has 0 aromatic heterocycles. The molecule has 0 aliphatic heterocycles. The molecule has 0 saturated heterocycles. The summed E-state index contributed by atoms with van der Waals surface area (Å²) in [6.45, 7) is 10.3. The Balaban J connectivity index is 2.91. The van der Waals surface area contributed by atoms with Crippen molar-refractivity contribution in [2.24, 2.45) is 11.3 Å². The fourth-order valence-corrected chi connectivity index (χ4v) is 2.49. The number of hydrogen-bond donors (Lipinski definition) is 1. The average Bonchev–Trinajstić information content (AvgIpc) is 2.16. The van der Waals surface area contributed by atoms with Crippen molar-refractivity contribution < 1.29 is 29.0 Å². The van der Waals surface area contributed by atoms with Crippen molar-refractivity contribution in [2.75, 3.05) is 0 Å². The standard InChI is InChI=1S/C16H26O6/c1-14(2,3)21-12(19)16(13(20)22-15(4,5)6)8-10(9-16)7-11(17)18/h10H,7-9H2,1-6H3,(H,17,18). The van der Waals surface area contributed by atoms with Gasteiger partial charge in [-0.1, -0.05) is 0 Å². The Morgan fingerprint density at radius 2 is 1.32 bits per heavy atom. The molecule has 0 bridgehead atoms. The highest BCUT2D eigenvalue weighted by Gasteiger charge is 2.59. The van der Waals surface area contributed by atoms with E-state index in [0.29, 0.717) is 0 Å². The molecule has 1 saturated carbocycles. The minimum Gasteiger partial charge on any atom is -0.481 e. The molecule has 0 spiro atoms. The predicted octanol–water partition coefficient (Wildman–Crippen LogP) is 2.54. The average molecular weight is 314 g/mol. The molecule has 0 unspecified atom stereocenters. The van der Waals surface area contributed by atoms with Crippen molar-refractivity contribution in [2.45, 2.75) is 72.0 Å². The monoisotopic (exact) mass is 314 g/mol. The Bertz CT molecular complexity index is 430. The number of carbonyl (C=O) groups excluding carboxylic acids is 2. The summed E-state index contributed by atoms with van der Waals surface area (Å²) in [7, 11) is 0. The molecular weight excluding hydrogens is 288 g/mol. The first-order valence-electron chi connectivity index (χ1n) is 7.44. The van der Waals surface area contributed by atoms with Crippen molar-refractivity contribution in [3.05, 3.63) is 0 Å². The van der Waals surface area contributed by atoms with Gasteiger partial charge in [-0.2, -0.15) is 0 Å². The smallest absolute Gasteiger partial charge is 0.324 e. The molecule has 126 valence electrons. The molecule has 0 aromatic carbocycles. The van der Waals surface area contributed by atoms with Gasteiger partial charge in [-0.05, 0) is 60.3 Å². The minimum atomic E-state index is -1.37. The lowest BCUT2D eigenvalue weighted by atomic mass is 9.60. The Morgan fingerprint density at radius 3 is 1.59 bits per heavy atom. The van der Waals surface area contributed by atoms with Gasteiger partial charge in [-0.3, -0.25) is 14.4 Å². The molecule has 22 heavy (non-hydrogen) atoms. The van der Waals surface area contributed by atoms with Crippen molar-refractivity contribution in [3.63, 3.8) is 0 Å². The summed E-state index contributed by atoms with van der Waals surface area (Å²) in [5, 5.41) is 8.84. The highest BCUT2D eigenvalue weighted by atomic mass is 16.6. The van der Waals surface area contributed by atoms with Gasteiger partial charge in [0.15, 0.2) is 5.41 Å². The quantitative estimate of drug-likeness (QED) is 0.633. The van der Waals surface area contributed by atoms with Gasteiger partial charge in [0.1, 0.15) is 11.2 Å². The second-order valence-corrected chi connectivity index (χ2v) is 7.96. The molecule has 0 heterocycles. The third-order valence-corrected chi connectivity index (χ3v) is 3.32. The van der Waals surface area contributed by atoms with E-state index in [9.17, 15) is 14.4 Å². The van der Waals surface area contributed by atoms with Crippen LogP contribution in [-0.4, -0.2) is 34.2 Å². The molecule has 1 aliphatic rings. The van der Waals surface area contributed by atoms with Crippen LogP contribution in [0.5, 0.6) is 0 Å². The molecule has 0 radical (unpaired) electrons. The van der Waals surface area contributed by atoms with E-state index in [4.69, 9.17) is 14.6 Å². The van der Waals surface area contributed by atoms with Crippen LogP contribution in [0, 0.1) is 11.3 Å². The van der Waals surface area contributed by atoms with Crippen molar-refractivity contribution in [1.82, 2.24) is 0 Å². The molecule has 0 aromatic rings. The summed E-state index contributed by atoms with van der Waals surface area (Å²) in [6, 6.07) is 0. The van der Waals surface area contributed by atoms with Crippen LogP contribution in [0.1, 0.15) is 60.8 Å². The van der Waals surface area contributed by atoms with Gasteiger partial charge < -0.3 is 14.6 Å². The van der Waals surface area contributed by atoms with Crippen LogP contribution < -0.4 is 0 Å². The number of esters is 2. The third-order valence-electron chi connectivity index (χ3n) is 3.32. The summed E-state index contributed by atoms with van der Waals surface area (Å²) in [6.07, 6.45) is 0.250. The zero-order valence-corrected chi connectivity index (χ0v) is 14.2. The number of carboxylic acid groups (broad SMARTS) is 1. The zero-order chi connectivity index (χ0) is 17.3. The first kappa shape index (κ1) is 18.5. The first-order valence-corrected chi connectivity index (χ1v) is 7.44. The highest BCUT2D eigenvalue weighted by molar-refractivity contribution is 6.01. The molecule has 1 N–H and O–H groups in total. The van der Waals surface area contributed by atoms with Crippen LogP contribution >= 0.6 is 0 Å². The van der Waals surface area contributed by atoms with E-state index in [2.05, 4.69) is 0 Å². The van der Waals surface area contributed by atoms with E-state index in [-0.39, 0.29) is 25.2 Å². The number of hydrogen-bond acceptors (Lipinski definition) is 5. The van der Waals surface area contributed by atoms with Gasteiger partial charge in [0.05, 0.1) is 0 Å². The van der Waals surface area contributed by atoms with E-state index in [1.165, 1.54) is 0 Å². The first-order chi connectivity index (χ1) is 9.75. The number of rotatable bonds is 4. The maximum absolute atomic E-state index is 12.5. The fraction of sp³-hybridized carbons (Fsp3) is 0.812. The number of ether oxygens (including phenoxy) is 2. The van der Waals surface area contributed by atoms with Gasteiger partial charge in [-0.15, -0.1) is 0 Å². The second kappa shape index (κ2) is 5.89. The van der Waals surface area contributed by atoms with E-state index < -0.39 is 34.5 Å². The van der Waals surface area contributed by atoms with Gasteiger partial charge in [-0.25, -0.2) is 0 Å². The van der Waals surface area contributed by atoms with Gasteiger partial charge in [0, 0.05) is 6.42 Å². The van der Waals surface area contributed by atoms with Crippen LogP contribution in [0.25, 0.3) is 0 Å². The highest BCUT2D eigenvalue weighted by Crippen LogP contribution is 2.50. The molecule has 6 nitrogen and oxygen atoms in total. The summed E-state index contributed by atoms with van der Waals surface area (Å²) in [5.74, 6) is -2.41. The lowest BCUT2D eigenvalue weighted by Crippen LogP contribution is -2.54. The molecule has 0 atom stereocenters. The van der Waals surface area contributed by atoms with Gasteiger partial charge in [0.2, 0.25) is 0 Å². The van der Waals surface area contributed by atoms with Crippen molar-refractivity contribution >= 4 is 17.9 Å². The summed E-state index contributed by atoms with van der Waals surface area (Å²) < 4.78 is 10.7. The third kappa shape index (κ3) is 4.71. The normalized spacial score (nSPS) is 18.3. The van der Waals surface area contributed by atoms with Crippen LogP contribution in [0.4, 0.5) is 0 Å². The lowest BCUT2D eigenvalue weighted by molar-refractivity contribution is -0.197. The van der Waals surface area contributed by atoms with Crippen LogP contribution in [0.15, 0.2) is 0 Å². The van der Waals surface area contributed by atoms with E-state index in [0.717, 1.165) is 0 Å². The second-order valence-electron chi connectivity index (χ2n) is 7.96. The Hall–Kier alpha value is -1.59. The van der Waals surface area contributed by atoms with Crippen LogP contribution in [0.2, 0.25) is 0 Å². The van der Waals surface area contributed by atoms with E-state index in [1.807, 2.05) is 0 Å². The zero-order valence-electron chi connectivity index (χ0n) is 14.2. The van der Waals surface area contributed by atoms with Gasteiger partial charge in [0.25, 0.3) is 0 Å². The van der Waals surface area contributed by atoms with E-state index in [1.54, 1.807) is 41.5 Å². The van der Waals surface area contributed by atoms with Crippen LogP contribution in [-0.2, 0) is 23.9 Å². The molecule has 0 amide bonds. The van der Waals surface area contributed by atoms with Gasteiger partial charge >= 0.3 is 17.9 Å². The minimum absolute atomic E-state index is 0.0622. The Labute approximate surface area is 131 Å². The molecular formula is C16H26O6. The summed E-state index contributed by atoms with van der Waals surface area (Å²) in [5.41, 5.74) is -2.81. The Morgan fingerprint density at radius 1 is 0.955 bits per heavy atom. The van der Waals surface area contributed by atoms with Crippen molar-refractivity contribution in [1.29, 1.82) is 0 Å². The summed E-state index contributed by atoms with van der Waals surface area (Å²) >= 11 is 0. The van der Waals surface area contributed by atoms with Crippen LogP contribution in [0.3, 0.4) is 0 Å². The lowest BCUT2D eigenvalue weighted by Gasteiger charge is -2.44. The van der Waals surface area contributed by atoms with E-state index >= 15 is 0 Å². The molecule has 1 fully saturated rings. The number of aliphatic carboxylic acids is 1. The fourth-order valence-electron chi connectivity index (χ4n) is 2.49. The summed E-state index contributed by atoms with van der Waals surface area (Å²) in [4.78, 5) is 35.7. The number of carboxylic acids is 1. The SMILES string of the molecule is CC(C)(C)OC(=O)C1(C(=O)OC(C)(C)C)CC(CC(=O)O)C1. The molecule has 1 rings (SSSR count). The predicted molar refractivity (Wildman–Crippen MR) is 79.1 cm³/mol. The topological polar surface area (TPSA) is 89.9 Å². The molecule has 1 aliphatic carbocycles. The van der Waals surface area contributed by atoms with Crippen molar-refractivity contribution in [3.8, 4) is 0 Å². The largest absolute Gasteiger partial charge is 0.481 e. The maximum atomic E-state index is 12.5. The number of carbonyl (C=O) groups is 3. The Kier molecular flexibility index (Phi) is 4.94. The maximum Gasteiger partial charge on any atom is 0.324 e.